The van der Waals surface area contributed by atoms with Gasteiger partial charge in [-0.15, -0.1) is 0 Å². The molecule has 1 aromatic carbocycles. The number of nitrogens with two attached hydrogens (primary N) is 1. The number of benzene rings is 1. The van der Waals surface area contributed by atoms with Crippen molar-refractivity contribution in [2.45, 2.75) is 19.4 Å². The van der Waals surface area contributed by atoms with Crippen LogP contribution < -0.4 is 5.73 Å². The Morgan fingerprint density at radius 2 is 1.95 bits per heavy atom. The molecule has 0 bridgehead atoms. The van der Waals surface area contributed by atoms with Crippen LogP contribution in [0.5, 0.6) is 0 Å². The predicted molar refractivity (Wildman–Crippen MR) is 71.2 cm³/mol. The van der Waals surface area contributed by atoms with Crippen LogP contribution in [0.3, 0.4) is 0 Å². The van der Waals surface area contributed by atoms with E-state index >= 15 is 0 Å². The number of hydrogen-bond acceptors (Lipinski definition) is 4. The maximum atomic E-state index is 13.6. The zero-order valence-corrected chi connectivity index (χ0v) is 11.3. The second kappa shape index (κ2) is 7.49. The van der Waals surface area contributed by atoms with Gasteiger partial charge in [0.1, 0.15) is 17.7 Å². The summed E-state index contributed by atoms with van der Waals surface area (Å²) in [5, 5.41) is 8.77. The van der Waals surface area contributed by atoms with Crippen LogP contribution in [0.25, 0.3) is 6.08 Å². The molecule has 0 heterocycles. The normalized spacial score (nSPS) is 12.9. The molecule has 0 radical (unpaired) electrons. The highest BCUT2D eigenvalue weighted by atomic mass is 19.1. The maximum absolute atomic E-state index is 13.6. The Morgan fingerprint density at radius 3 is 2.43 bits per heavy atom. The first-order chi connectivity index (χ1) is 9.86. The molecule has 0 saturated heterocycles. The SMILES string of the molecule is CCOC(=O)/C(=C/c1c(F)cccc1F)C[C@@H](N)C(=O)O. The van der Waals surface area contributed by atoms with E-state index in [-0.39, 0.29) is 12.2 Å². The number of esters is 1. The van der Waals surface area contributed by atoms with Gasteiger partial charge in [0, 0.05) is 17.6 Å². The summed E-state index contributed by atoms with van der Waals surface area (Å²) in [6.45, 7) is 1.59. The molecule has 0 saturated carbocycles. The molecule has 0 aliphatic heterocycles. The largest absolute Gasteiger partial charge is 0.480 e. The van der Waals surface area contributed by atoms with Crippen LogP contribution >= 0.6 is 0 Å². The summed E-state index contributed by atoms with van der Waals surface area (Å²) in [7, 11) is 0. The first kappa shape index (κ1) is 16.8. The average Bonchev–Trinajstić information content (AvgIpc) is 2.41. The van der Waals surface area contributed by atoms with Crippen molar-refractivity contribution < 1.29 is 28.2 Å². The number of ether oxygens (including phenoxy) is 1. The lowest BCUT2D eigenvalue weighted by atomic mass is 10.0. The lowest BCUT2D eigenvalue weighted by molar-refractivity contribution is -0.139. The van der Waals surface area contributed by atoms with Crippen molar-refractivity contribution in [2.75, 3.05) is 6.61 Å². The molecule has 0 aliphatic carbocycles. The van der Waals surface area contributed by atoms with E-state index in [0.29, 0.717) is 0 Å². The van der Waals surface area contributed by atoms with Crippen LogP contribution in [0.2, 0.25) is 0 Å². The van der Waals surface area contributed by atoms with Crippen LogP contribution in [0.4, 0.5) is 8.78 Å². The molecule has 7 heteroatoms. The molecule has 1 aromatic rings. The smallest absolute Gasteiger partial charge is 0.334 e. The molecule has 0 amide bonds. The fourth-order valence-corrected chi connectivity index (χ4v) is 1.57. The highest BCUT2D eigenvalue weighted by Crippen LogP contribution is 2.19. The molecule has 3 N–H and O–H groups in total. The Balaban J connectivity index is 3.19. The molecule has 21 heavy (non-hydrogen) atoms. The quantitative estimate of drug-likeness (QED) is 0.616. The van der Waals surface area contributed by atoms with Crippen molar-refractivity contribution in [1.82, 2.24) is 0 Å². The van der Waals surface area contributed by atoms with Crippen molar-refractivity contribution >= 4 is 18.0 Å². The standard InChI is InChI=1S/C14H15F2NO4/c1-2-21-14(20)8(7-12(17)13(18)19)6-9-10(15)4-3-5-11(9)16/h3-6,12H,2,7,17H2,1H3,(H,18,19)/b8-6+/t12-/m1/s1. The fraction of sp³-hybridized carbons (Fsp3) is 0.286. The topological polar surface area (TPSA) is 89.6 Å². The predicted octanol–water partition coefficient (Wildman–Crippen LogP) is 1.71. The third-order valence-electron chi connectivity index (χ3n) is 2.61. The molecule has 0 aliphatic rings. The minimum Gasteiger partial charge on any atom is -0.480 e. The minimum atomic E-state index is -1.38. The summed E-state index contributed by atoms with van der Waals surface area (Å²) < 4.78 is 31.9. The summed E-state index contributed by atoms with van der Waals surface area (Å²) in [4.78, 5) is 22.5. The first-order valence-electron chi connectivity index (χ1n) is 6.16. The zero-order chi connectivity index (χ0) is 16.0. The molecule has 114 valence electrons. The van der Waals surface area contributed by atoms with E-state index in [1.165, 1.54) is 6.07 Å². The van der Waals surface area contributed by atoms with Crippen LogP contribution in [0.15, 0.2) is 23.8 Å². The van der Waals surface area contributed by atoms with Crippen LogP contribution in [-0.4, -0.2) is 29.7 Å². The summed E-state index contributed by atoms with van der Waals surface area (Å²) in [5.74, 6) is -3.95. The molecule has 5 nitrogen and oxygen atoms in total. The highest BCUT2D eigenvalue weighted by molar-refractivity contribution is 5.94. The van der Waals surface area contributed by atoms with Gasteiger partial charge < -0.3 is 15.6 Å². The van der Waals surface area contributed by atoms with E-state index in [0.717, 1.165) is 18.2 Å². The fourth-order valence-electron chi connectivity index (χ4n) is 1.57. The van der Waals surface area contributed by atoms with E-state index in [9.17, 15) is 18.4 Å². The molecule has 0 fully saturated rings. The molecule has 0 spiro atoms. The molecule has 0 unspecified atom stereocenters. The number of carboxylic acid groups (broad SMARTS) is 1. The third kappa shape index (κ3) is 4.64. The van der Waals surface area contributed by atoms with Crippen LogP contribution in [-0.2, 0) is 14.3 Å². The monoisotopic (exact) mass is 299 g/mol. The van der Waals surface area contributed by atoms with Crippen molar-refractivity contribution in [3.8, 4) is 0 Å². The van der Waals surface area contributed by atoms with Crippen LogP contribution in [0.1, 0.15) is 18.9 Å². The van der Waals surface area contributed by atoms with Crippen molar-refractivity contribution in [2.24, 2.45) is 5.73 Å². The van der Waals surface area contributed by atoms with Gasteiger partial charge in [0.2, 0.25) is 0 Å². The number of aliphatic carboxylic acids is 1. The van der Waals surface area contributed by atoms with Gasteiger partial charge in [-0.1, -0.05) is 6.07 Å². The Kier molecular flexibility index (Phi) is 5.98. The number of hydrogen-bond donors (Lipinski definition) is 2. The van der Waals surface area contributed by atoms with Crippen molar-refractivity contribution in [1.29, 1.82) is 0 Å². The molecular weight excluding hydrogens is 284 g/mol. The summed E-state index contributed by atoms with van der Waals surface area (Å²) in [5.41, 5.74) is 4.69. The maximum Gasteiger partial charge on any atom is 0.334 e. The Bertz CT molecular complexity index is 552. The molecular formula is C14H15F2NO4. The van der Waals surface area contributed by atoms with Gasteiger partial charge >= 0.3 is 11.9 Å². The molecule has 1 atom stereocenters. The minimum absolute atomic E-state index is 0.0399. The Labute approximate surface area is 120 Å². The van der Waals surface area contributed by atoms with Crippen LogP contribution in [0, 0.1) is 11.6 Å². The van der Waals surface area contributed by atoms with E-state index in [4.69, 9.17) is 15.6 Å². The first-order valence-corrected chi connectivity index (χ1v) is 6.16. The van der Waals surface area contributed by atoms with E-state index in [1.807, 2.05) is 0 Å². The van der Waals surface area contributed by atoms with Gasteiger partial charge in [-0.2, -0.15) is 0 Å². The van der Waals surface area contributed by atoms with E-state index in [1.54, 1.807) is 6.92 Å². The average molecular weight is 299 g/mol. The zero-order valence-electron chi connectivity index (χ0n) is 11.3. The van der Waals surface area contributed by atoms with Crippen molar-refractivity contribution in [3.05, 3.63) is 41.0 Å². The number of carbonyl (C=O) groups excluding carboxylic acids is 1. The second-order valence-corrected chi connectivity index (χ2v) is 4.17. The third-order valence-corrected chi connectivity index (χ3v) is 2.61. The van der Waals surface area contributed by atoms with Gasteiger partial charge in [0.15, 0.2) is 0 Å². The number of carboxylic acids is 1. The number of carbonyl (C=O) groups is 2. The summed E-state index contributed by atoms with van der Waals surface area (Å²) >= 11 is 0. The van der Waals surface area contributed by atoms with E-state index in [2.05, 4.69) is 0 Å². The van der Waals surface area contributed by atoms with Gasteiger partial charge in [-0.25, -0.2) is 13.6 Å². The summed E-state index contributed by atoms with van der Waals surface area (Å²) in [6, 6.07) is 1.84. The Morgan fingerprint density at radius 1 is 1.38 bits per heavy atom. The summed E-state index contributed by atoms with van der Waals surface area (Å²) in [6.07, 6.45) is 0.521. The number of rotatable bonds is 6. The van der Waals surface area contributed by atoms with E-state index < -0.39 is 41.6 Å². The molecule has 0 aromatic heterocycles. The number of halogens is 2. The highest BCUT2D eigenvalue weighted by Gasteiger charge is 2.20. The van der Waals surface area contributed by atoms with Gasteiger partial charge in [-0.05, 0) is 25.1 Å². The second-order valence-electron chi connectivity index (χ2n) is 4.17. The lowest BCUT2D eigenvalue weighted by Gasteiger charge is -2.10. The van der Waals surface area contributed by atoms with Gasteiger partial charge in [0.25, 0.3) is 0 Å². The van der Waals surface area contributed by atoms with Gasteiger partial charge in [-0.3, -0.25) is 4.79 Å². The Hall–Kier alpha value is -2.28. The van der Waals surface area contributed by atoms with Gasteiger partial charge in [0.05, 0.1) is 6.61 Å². The molecule has 1 rings (SSSR count). The van der Waals surface area contributed by atoms with Crippen molar-refractivity contribution in [3.63, 3.8) is 0 Å². The lowest BCUT2D eigenvalue weighted by Crippen LogP contribution is -2.31.